The van der Waals surface area contributed by atoms with Gasteiger partial charge in [-0.15, -0.1) is 0 Å². The summed E-state index contributed by atoms with van der Waals surface area (Å²) in [6.07, 6.45) is 0.695. The average Bonchev–Trinajstić information content (AvgIpc) is 3.17. The fraction of sp³-hybridized carbons (Fsp3) is 0.176. The van der Waals surface area contributed by atoms with Crippen molar-refractivity contribution in [1.82, 2.24) is 4.98 Å². The maximum Gasteiger partial charge on any atom is 0.248 e. The molecule has 2 N–H and O–H groups in total. The fourth-order valence-corrected chi connectivity index (χ4v) is 3.63. The number of nitrogens with one attached hydrogen (secondary N) is 2. The summed E-state index contributed by atoms with van der Waals surface area (Å²) in [5, 5.41) is 6.77. The van der Waals surface area contributed by atoms with E-state index in [-0.39, 0.29) is 11.9 Å². The Balaban J connectivity index is 1.51. The molecule has 1 atom stereocenters. The van der Waals surface area contributed by atoms with Gasteiger partial charge in [-0.1, -0.05) is 29.5 Å². The predicted octanol–water partition coefficient (Wildman–Crippen LogP) is 3.28. The van der Waals surface area contributed by atoms with E-state index in [4.69, 9.17) is 4.74 Å². The van der Waals surface area contributed by atoms with E-state index in [0.717, 1.165) is 21.7 Å². The van der Waals surface area contributed by atoms with Crippen molar-refractivity contribution in [3.05, 3.63) is 48.0 Å². The van der Waals surface area contributed by atoms with Gasteiger partial charge in [0.05, 0.1) is 17.3 Å². The second-order valence-electron chi connectivity index (χ2n) is 5.40. The molecular formula is C17H15N3O2S. The molecule has 23 heavy (non-hydrogen) atoms. The highest BCUT2D eigenvalue weighted by molar-refractivity contribution is 7.22. The number of carbonyl (C=O) groups is 1. The zero-order chi connectivity index (χ0) is 15.8. The Morgan fingerprint density at radius 3 is 3.04 bits per heavy atom. The van der Waals surface area contributed by atoms with Crippen LogP contribution >= 0.6 is 11.3 Å². The van der Waals surface area contributed by atoms with Gasteiger partial charge in [-0.25, -0.2) is 4.98 Å². The van der Waals surface area contributed by atoms with E-state index in [1.165, 1.54) is 16.9 Å². The van der Waals surface area contributed by atoms with Gasteiger partial charge in [0.1, 0.15) is 11.8 Å². The standard InChI is InChI=1S/C17H15N3O2S/c1-22-11-6-7-13-15(9-11)23-17(19-13)20-16(21)14-8-10-4-2-3-5-12(10)18-14/h2-7,9,14,18H,8H2,1H3,(H,19,20,21)/t14-/m1/s1. The van der Waals surface area contributed by atoms with Gasteiger partial charge in [0.25, 0.3) is 0 Å². The van der Waals surface area contributed by atoms with Gasteiger partial charge in [-0.2, -0.15) is 0 Å². The first kappa shape index (κ1) is 14.0. The van der Waals surface area contributed by atoms with Crippen molar-refractivity contribution in [1.29, 1.82) is 0 Å². The number of fused-ring (bicyclic) bond motifs is 2. The van der Waals surface area contributed by atoms with Crippen LogP contribution in [0.15, 0.2) is 42.5 Å². The van der Waals surface area contributed by atoms with E-state index in [1.807, 2.05) is 42.5 Å². The third kappa shape index (κ3) is 2.61. The minimum Gasteiger partial charge on any atom is -0.497 e. The maximum absolute atomic E-state index is 12.5. The second kappa shape index (κ2) is 5.55. The van der Waals surface area contributed by atoms with E-state index in [1.54, 1.807) is 7.11 Å². The number of carbonyl (C=O) groups excluding carboxylic acids is 1. The van der Waals surface area contributed by atoms with Crippen molar-refractivity contribution in [3.8, 4) is 5.75 Å². The molecule has 116 valence electrons. The summed E-state index contributed by atoms with van der Waals surface area (Å²) in [5.74, 6) is 0.721. The average molecular weight is 325 g/mol. The highest BCUT2D eigenvalue weighted by Crippen LogP contribution is 2.30. The highest BCUT2D eigenvalue weighted by atomic mass is 32.1. The number of amides is 1. The van der Waals surface area contributed by atoms with Gasteiger partial charge in [-0.05, 0) is 29.8 Å². The zero-order valence-electron chi connectivity index (χ0n) is 12.5. The number of benzene rings is 2. The molecule has 0 fully saturated rings. The summed E-state index contributed by atoms with van der Waals surface area (Å²) in [6, 6.07) is 13.4. The lowest BCUT2D eigenvalue weighted by atomic mass is 10.1. The van der Waals surface area contributed by atoms with Crippen LogP contribution in [-0.4, -0.2) is 24.0 Å². The Kier molecular flexibility index (Phi) is 3.38. The third-order valence-electron chi connectivity index (χ3n) is 3.91. The summed E-state index contributed by atoms with van der Waals surface area (Å²) >= 11 is 1.45. The first-order valence-electron chi connectivity index (χ1n) is 7.33. The zero-order valence-corrected chi connectivity index (χ0v) is 13.3. The van der Waals surface area contributed by atoms with Gasteiger partial charge >= 0.3 is 0 Å². The monoisotopic (exact) mass is 325 g/mol. The minimum absolute atomic E-state index is 0.0628. The maximum atomic E-state index is 12.5. The summed E-state index contributed by atoms with van der Waals surface area (Å²) in [6.45, 7) is 0. The Morgan fingerprint density at radius 1 is 1.35 bits per heavy atom. The number of ether oxygens (including phenoxy) is 1. The Morgan fingerprint density at radius 2 is 2.22 bits per heavy atom. The topological polar surface area (TPSA) is 63.2 Å². The van der Waals surface area contributed by atoms with Crippen LogP contribution in [0, 0.1) is 0 Å². The molecule has 0 saturated carbocycles. The van der Waals surface area contributed by atoms with Crippen LogP contribution in [0.5, 0.6) is 5.75 Å². The molecule has 0 aliphatic carbocycles. The Bertz CT molecular complexity index is 865. The van der Waals surface area contributed by atoms with Crippen molar-refractivity contribution >= 4 is 38.3 Å². The van der Waals surface area contributed by atoms with Gasteiger partial charge in [0, 0.05) is 12.1 Å². The molecule has 5 nitrogen and oxygen atoms in total. The predicted molar refractivity (Wildman–Crippen MR) is 92.4 cm³/mol. The first-order chi connectivity index (χ1) is 11.2. The van der Waals surface area contributed by atoms with Crippen LogP contribution in [0.2, 0.25) is 0 Å². The van der Waals surface area contributed by atoms with Crippen molar-refractivity contribution in [3.63, 3.8) is 0 Å². The number of aromatic nitrogens is 1. The van der Waals surface area contributed by atoms with Crippen LogP contribution in [-0.2, 0) is 11.2 Å². The molecule has 2 heterocycles. The lowest BCUT2D eigenvalue weighted by Gasteiger charge is -2.09. The number of nitrogens with zero attached hydrogens (tertiary/aromatic N) is 1. The normalized spacial score (nSPS) is 16.0. The van der Waals surface area contributed by atoms with Gasteiger partial charge in [0.15, 0.2) is 5.13 Å². The van der Waals surface area contributed by atoms with E-state index >= 15 is 0 Å². The largest absolute Gasteiger partial charge is 0.497 e. The number of anilines is 2. The van der Waals surface area contributed by atoms with E-state index in [9.17, 15) is 4.79 Å². The van der Waals surface area contributed by atoms with Crippen molar-refractivity contribution < 1.29 is 9.53 Å². The Hall–Kier alpha value is -2.60. The van der Waals surface area contributed by atoms with Crippen LogP contribution in [0.4, 0.5) is 10.8 Å². The molecule has 0 bridgehead atoms. The fourth-order valence-electron chi connectivity index (χ4n) is 2.73. The highest BCUT2D eigenvalue weighted by Gasteiger charge is 2.26. The van der Waals surface area contributed by atoms with Crippen molar-refractivity contribution in [2.24, 2.45) is 0 Å². The second-order valence-corrected chi connectivity index (χ2v) is 6.43. The van der Waals surface area contributed by atoms with Gasteiger partial charge in [-0.3, -0.25) is 4.79 Å². The number of hydrogen-bond donors (Lipinski definition) is 2. The molecule has 1 aliphatic rings. The molecule has 0 spiro atoms. The molecule has 1 amide bonds. The number of methoxy groups -OCH3 is 1. The molecule has 1 aliphatic heterocycles. The number of para-hydroxylation sites is 1. The molecular weight excluding hydrogens is 310 g/mol. The van der Waals surface area contributed by atoms with E-state index in [0.29, 0.717) is 11.6 Å². The molecule has 4 rings (SSSR count). The lowest BCUT2D eigenvalue weighted by Crippen LogP contribution is -2.32. The summed E-state index contributed by atoms with van der Waals surface area (Å²) in [4.78, 5) is 16.9. The van der Waals surface area contributed by atoms with Gasteiger partial charge < -0.3 is 15.4 Å². The van der Waals surface area contributed by atoms with Crippen LogP contribution in [0.25, 0.3) is 10.2 Å². The van der Waals surface area contributed by atoms with Crippen molar-refractivity contribution in [2.45, 2.75) is 12.5 Å². The molecule has 0 saturated heterocycles. The van der Waals surface area contributed by atoms with Crippen LogP contribution in [0.3, 0.4) is 0 Å². The molecule has 0 unspecified atom stereocenters. The third-order valence-corrected chi connectivity index (χ3v) is 4.85. The Labute approximate surface area is 137 Å². The SMILES string of the molecule is COc1ccc2nc(NC(=O)[C@H]3Cc4ccccc4N3)sc2c1. The summed E-state index contributed by atoms with van der Waals surface area (Å²) in [7, 11) is 1.63. The summed E-state index contributed by atoms with van der Waals surface area (Å²) < 4.78 is 6.20. The molecule has 2 aromatic carbocycles. The summed E-state index contributed by atoms with van der Waals surface area (Å²) in [5.41, 5.74) is 3.05. The quantitative estimate of drug-likeness (QED) is 0.776. The number of thiazole rings is 1. The molecule has 6 heteroatoms. The smallest absolute Gasteiger partial charge is 0.248 e. The van der Waals surface area contributed by atoms with E-state index < -0.39 is 0 Å². The van der Waals surface area contributed by atoms with Crippen molar-refractivity contribution in [2.75, 3.05) is 17.7 Å². The molecule has 1 aromatic heterocycles. The van der Waals surface area contributed by atoms with Crippen LogP contribution < -0.4 is 15.4 Å². The lowest BCUT2D eigenvalue weighted by molar-refractivity contribution is -0.116. The van der Waals surface area contributed by atoms with E-state index in [2.05, 4.69) is 15.6 Å². The van der Waals surface area contributed by atoms with Crippen LogP contribution in [0.1, 0.15) is 5.56 Å². The van der Waals surface area contributed by atoms with Gasteiger partial charge in [0.2, 0.25) is 5.91 Å². The first-order valence-corrected chi connectivity index (χ1v) is 8.14. The molecule has 3 aromatic rings. The number of hydrogen-bond acceptors (Lipinski definition) is 5. The number of rotatable bonds is 3. The molecule has 0 radical (unpaired) electrons. The minimum atomic E-state index is -0.256.